The molecule has 1 aliphatic carbocycles. The van der Waals surface area contributed by atoms with E-state index in [1.165, 1.54) is 11.1 Å². The van der Waals surface area contributed by atoms with Crippen LogP contribution in [0.4, 0.5) is 0 Å². The second kappa shape index (κ2) is 2.84. The SMILES string of the molecule is C=CC1=C(C)CC(N)C=C1. The molecule has 0 heterocycles. The van der Waals surface area contributed by atoms with Crippen molar-refractivity contribution in [3.8, 4) is 0 Å². The Balaban J connectivity index is 2.82. The van der Waals surface area contributed by atoms with Gasteiger partial charge in [0.15, 0.2) is 0 Å². The van der Waals surface area contributed by atoms with E-state index in [9.17, 15) is 0 Å². The van der Waals surface area contributed by atoms with E-state index in [1.807, 2.05) is 18.2 Å². The molecule has 54 valence electrons. The van der Waals surface area contributed by atoms with E-state index in [4.69, 9.17) is 5.73 Å². The molecule has 0 fully saturated rings. The fraction of sp³-hybridized carbons (Fsp3) is 0.333. The predicted octanol–water partition coefficient (Wildman–Crippen LogP) is 1.78. The van der Waals surface area contributed by atoms with Gasteiger partial charge in [-0.05, 0) is 18.9 Å². The van der Waals surface area contributed by atoms with Crippen molar-refractivity contribution in [2.45, 2.75) is 19.4 Å². The smallest absolute Gasteiger partial charge is 0.0264 e. The summed E-state index contributed by atoms with van der Waals surface area (Å²) in [4.78, 5) is 0. The Morgan fingerprint density at radius 2 is 2.50 bits per heavy atom. The van der Waals surface area contributed by atoms with E-state index in [1.54, 1.807) is 0 Å². The van der Waals surface area contributed by atoms with Crippen molar-refractivity contribution in [3.05, 3.63) is 36.0 Å². The zero-order valence-electron chi connectivity index (χ0n) is 6.30. The first kappa shape index (κ1) is 7.29. The topological polar surface area (TPSA) is 26.0 Å². The third-order valence-electron chi connectivity index (χ3n) is 1.78. The summed E-state index contributed by atoms with van der Waals surface area (Å²) in [7, 11) is 0. The fourth-order valence-corrected chi connectivity index (χ4v) is 1.15. The lowest BCUT2D eigenvalue weighted by Gasteiger charge is -2.14. The van der Waals surface area contributed by atoms with Gasteiger partial charge in [0, 0.05) is 6.04 Å². The quantitative estimate of drug-likeness (QED) is 0.582. The van der Waals surface area contributed by atoms with Gasteiger partial charge in [0.2, 0.25) is 0 Å². The Labute approximate surface area is 61.9 Å². The molecule has 1 aliphatic rings. The first-order valence-electron chi connectivity index (χ1n) is 3.50. The van der Waals surface area contributed by atoms with Gasteiger partial charge >= 0.3 is 0 Å². The Bertz CT molecular complexity index is 199. The molecule has 1 heteroatoms. The number of rotatable bonds is 1. The lowest BCUT2D eigenvalue weighted by atomic mass is 9.96. The van der Waals surface area contributed by atoms with E-state index in [2.05, 4.69) is 13.5 Å². The molecule has 0 saturated carbocycles. The highest BCUT2D eigenvalue weighted by Gasteiger charge is 2.06. The van der Waals surface area contributed by atoms with Crippen molar-refractivity contribution in [2.75, 3.05) is 0 Å². The standard InChI is InChI=1S/C9H13N/c1-3-8-4-5-9(10)6-7(8)2/h3-5,9H,1,6,10H2,2H3. The summed E-state index contributed by atoms with van der Waals surface area (Å²) >= 11 is 0. The first-order chi connectivity index (χ1) is 4.74. The van der Waals surface area contributed by atoms with Crippen molar-refractivity contribution in [1.29, 1.82) is 0 Å². The van der Waals surface area contributed by atoms with Gasteiger partial charge in [-0.2, -0.15) is 0 Å². The van der Waals surface area contributed by atoms with Gasteiger partial charge in [-0.1, -0.05) is 30.4 Å². The molecule has 1 unspecified atom stereocenters. The van der Waals surface area contributed by atoms with Crippen LogP contribution < -0.4 is 5.73 Å². The number of allylic oxidation sites excluding steroid dienone is 3. The summed E-state index contributed by atoms with van der Waals surface area (Å²) in [6.07, 6.45) is 6.90. The second-order valence-electron chi connectivity index (χ2n) is 2.67. The maximum absolute atomic E-state index is 5.69. The Morgan fingerprint density at radius 1 is 1.80 bits per heavy atom. The van der Waals surface area contributed by atoms with Gasteiger partial charge in [-0.3, -0.25) is 0 Å². The van der Waals surface area contributed by atoms with Crippen LogP contribution in [0.15, 0.2) is 36.0 Å². The third kappa shape index (κ3) is 1.36. The number of nitrogens with two attached hydrogens (primary N) is 1. The van der Waals surface area contributed by atoms with E-state index in [-0.39, 0.29) is 6.04 Å². The van der Waals surface area contributed by atoms with Gasteiger partial charge in [-0.25, -0.2) is 0 Å². The van der Waals surface area contributed by atoms with E-state index < -0.39 is 0 Å². The minimum atomic E-state index is 0.212. The predicted molar refractivity (Wildman–Crippen MR) is 44.6 cm³/mol. The summed E-state index contributed by atoms with van der Waals surface area (Å²) in [6.45, 7) is 5.81. The molecule has 1 rings (SSSR count). The van der Waals surface area contributed by atoms with Gasteiger partial charge < -0.3 is 5.73 Å². The van der Waals surface area contributed by atoms with Crippen molar-refractivity contribution in [3.63, 3.8) is 0 Å². The number of hydrogen-bond donors (Lipinski definition) is 1. The average molecular weight is 135 g/mol. The molecular formula is C9H13N. The Kier molecular flexibility index (Phi) is 2.07. The maximum atomic E-state index is 5.69. The maximum Gasteiger partial charge on any atom is 0.0264 e. The van der Waals surface area contributed by atoms with Gasteiger partial charge in [-0.15, -0.1) is 0 Å². The summed E-state index contributed by atoms with van der Waals surface area (Å²) in [6, 6.07) is 0.212. The molecule has 1 nitrogen and oxygen atoms in total. The molecule has 0 spiro atoms. The molecule has 0 aliphatic heterocycles. The normalized spacial score (nSPS) is 25.2. The highest BCUT2D eigenvalue weighted by molar-refractivity contribution is 5.37. The van der Waals surface area contributed by atoms with Crippen LogP contribution in [-0.4, -0.2) is 6.04 Å². The lowest BCUT2D eigenvalue weighted by Crippen LogP contribution is -2.19. The van der Waals surface area contributed by atoms with E-state index in [0.29, 0.717) is 0 Å². The molecular weight excluding hydrogens is 122 g/mol. The molecule has 2 N–H and O–H groups in total. The molecule has 0 aromatic heterocycles. The minimum absolute atomic E-state index is 0.212. The zero-order valence-corrected chi connectivity index (χ0v) is 6.30. The molecule has 0 radical (unpaired) electrons. The van der Waals surface area contributed by atoms with Crippen LogP contribution in [-0.2, 0) is 0 Å². The Hall–Kier alpha value is -0.820. The number of hydrogen-bond acceptors (Lipinski definition) is 1. The van der Waals surface area contributed by atoms with Crippen LogP contribution in [0.1, 0.15) is 13.3 Å². The van der Waals surface area contributed by atoms with Gasteiger partial charge in [0.05, 0.1) is 0 Å². The zero-order chi connectivity index (χ0) is 7.56. The highest BCUT2D eigenvalue weighted by atomic mass is 14.6. The lowest BCUT2D eigenvalue weighted by molar-refractivity contribution is 0.784. The molecule has 0 saturated heterocycles. The molecule has 1 atom stereocenters. The summed E-state index contributed by atoms with van der Waals surface area (Å²) in [5.74, 6) is 0. The summed E-state index contributed by atoms with van der Waals surface area (Å²) < 4.78 is 0. The van der Waals surface area contributed by atoms with Crippen LogP contribution in [0.3, 0.4) is 0 Å². The van der Waals surface area contributed by atoms with E-state index in [0.717, 1.165) is 6.42 Å². The third-order valence-corrected chi connectivity index (χ3v) is 1.78. The second-order valence-corrected chi connectivity index (χ2v) is 2.67. The molecule has 0 amide bonds. The van der Waals surface area contributed by atoms with Crippen molar-refractivity contribution < 1.29 is 0 Å². The monoisotopic (exact) mass is 135 g/mol. The largest absolute Gasteiger partial charge is 0.324 e. The van der Waals surface area contributed by atoms with Crippen molar-refractivity contribution in [2.24, 2.45) is 5.73 Å². The summed E-state index contributed by atoms with van der Waals surface area (Å²) in [5, 5.41) is 0. The van der Waals surface area contributed by atoms with Crippen molar-refractivity contribution in [1.82, 2.24) is 0 Å². The van der Waals surface area contributed by atoms with Gasteiger partial charge in [0.25, 0.3) is 0 Å². The first-order valence-corrected chi connectivity index (χ1v) is 3.50. The molecule has 0 aromatic carbocycles. The van der Waals surface area contributed by atoms with Crippen LogP contribution in [0.25, 0.3) is 0 Å². The van der Waals surface area contributed by atoms with Crippen LogP contribution in [0.5, 0.6) is 0 Å². The van der Waals surface area contributed by atoms with Crippen LogP contribution >= 0.6 is 0 Å². The van der Waals surface area contributed by atoms with Crippen molar-refractivity contribution >= 4 is 0 Å². The molecule has 0 aromatic rings. The minimum Gasteiger partial charge on any atom is -0.324 e. The van der Waals surface area contributed by atoms with Crippen LogP contribution in [0, 0.1) is 0 Å². The van der Waals surface area contributed by atoms with Gasteiger partial charge in [0.1, 0.15) is 0 Å². The summed E-state index contributed by atoms with van der Waals surface area (Å²) in [5.41, 5.74) is 8.25. The average Bonchev–Trinajstić information content (AvgIpc) is 1.88. The highest BCUT2D eigenvalue weighted by Crippen LogP contribution is 2.17. The Morgan fingerprint density at radius 3 is 3.00 bits per heavy atom. The van der Waals surface area contributed by atoms with Crippen LogP contribution in [0.2, 0.25) is 0 Å². The molecule has 0 bridgehead atoms. The molecule has 10 heavy (non-hydrogen) atoms. The fourth-order valence-electron chi connectivity index (χ4n) is 1.15. The van der Waals surface area contributed by atoms with E-state index >= 15 is 0 Å².